The number of hydrogen-bond donors (Lipinski definition) is 3. The Labute approximate surface area is 103 Å². The van der Waals surface area contributed by atoms with Crippen molar-refractivity contribution in [2.45, 2.75) is 25.5 Å². The smallest absolute Gasteiger partial charge is 0.330 e. The Morgan fingerprint density at radius 2 is 2.00 bits per heavy atom. The van der Waals surface area contributed by atoms with Gasteiger partial charge in [0.1, 0.15) is 6.10 Å². The average Bonchev–Trinajstić information content (AvgIpc) is 2.21. The Bertz CT molecular complexity index is 417. The first-order valence-corrected chi connectivity index (χ1v) is 6.35. The van der Waals surface area contributed by atoms with Crippen molar-refractivity contribution in [3.05, 3.63) is 0 Å². The molecule has 0 aromatic rings. The lowest BCUT2D eigenvalue weighted by Gasteiger charge is -2.19. The Balaban J connectivity index is 4.36. The van der Waals surface area contributed by atoms with Crippen LogP contribution < -0.4 is 5.32 Å². The van der Waals surface area contributed by atoms with Gasteiger partial charge in [0, 0.05) is 0 Å². The summed E-state index contributed by atoms with van der Waals surface area (Å²) >= 11 is 0. The third kappa shape index (κ3) is 6.81. The van der Waals surface area contributed by atoms with E-state index in [1.165, 1.54) is 6.92 Å². The van der Waals surface area contributed by atoms with Crippen LogP contribution in [0.25, 0.3) is 0 Å². The number of ether oxygens (including phenoxy) is 1. The number of carboxylic acid groups (broad SMARTS) is 1. The van der Waals surface area contributed by atoms with Gasteiger partial charge in [-0.3, -0.25) is 14.1 Å². The van der Waals surface area contributed by atoms with E-state index in [1.807, 2.05) is 5.32 Å². The molecule has 0 aliphatic heterocycles. The molecule has 0 fully saturated rings. The van der Waals surface area contributed by atoms with E-state index in [0.717, 1.165) is 0 Å². The van der Waals surface area contributed by atoms with E-state index in [1.54, 1.807) is 0 Å². The highest BCUT2D eigenvalue weighted by Gasteiger charge is 2.27. The Morgan fingerprint density at radius 3 is 2.39 bits per heavy atom. The molecule has 0 aliphatic carbocycles. The molecule has 0 saturated carbocycles. The van der Waals surface area contributed by atoms with Gasteiger partial charge in [0.2, 0.25) is 6.41 Å². The molecule has 0 bridgehead atoms. The number of esters is 1. The molecule has 10 heteroatoms. The van der Waals surface area contributed by atoms with Gasteiger partial charge in [-0.1, -0.05) is 0 Å². The lowest BCUT2D eigenvalue weighted by Crippen LogP contribution is -2.46. The first-order valence-electron chi connectivity index (χ1n) is 4.74. The van der Waals surface area contributed by atoms with Crippen molar-refractivity contribution in [2.24, 2.45) is 0 Å². The van der Waals surface area contributed by atoms with Gasteiger partial charge in [-0.25, -0.2) is 4.79 Å². The molecule has 18 heavy (non-hydrogen) atoms. The quantitative estimate of drug-likeness (QED) is 0.274. The van der Waals surface area contributed by atoms with Gasteiger partial charge >= 0.3 is 11.9 Å². The molecule has 2 unspecified atom stereocenters. The van der Waals surface area contributed by atoms with Crippen LogP contribution >= 0.6 is 0 Å². The summed E-state index contributed by atoms with van der Waals surface area (Å²) in [6, 6.07) is -1.43. The zero-order valence-corrected chi connectivity index (χ0v) is 10.2. The minimum Gasteiger partial charge on any atom is -0.480 e. The fourth-order valence-corrected chi connectivity index (χ4v) is 1.45. The third-order valence-electron chi connectivity index (χ3n) is 1.86. The number of rotatable bonds is 8. The molecule has 0 heterocycles. The predicted octanol–water partition coefficient (Wildman–Crippen LogP) is -1.60. The number of hydrogen-bond acceptors (Lipinski definition) is 6. The fourth-order valence-electron chi connectivity index (χ4n) is 1.03. The standard InChI is InChI=1S/C8H13NO8S/c1-5(7(8(12)13)9-4-10)17-6(11)2-3-18(14,15)16/h4-5,7H,2-3H2,1H3,(H,9,10)(H,12,13)(H,14,15,16). The van der Waals surface area contributed by atoms with Crippen molar-refractivity contribution in [2.75, 3.05) is 5.75 Å². The second kappa shape index (κ2) is 6.91. The Morgan fingerprint density at radius 1 is 1.44 bits per heavy atom. The maximum Gasteiger partial charge on any atom is 0.330 e. The molecule has 0 saturated heterocycles. The van der Waals surface area contributed by atoms with E-state index in [0.29, 0.717) is 0 Å². The minimum absolute atomic E-state index is 0.140. The predicted molar refractivity (Wildman–Crippen MR) is 57.2 cm³/mol. The summed E-state index contributed by atoms with van der Waals surface area (Å²) in [7, 11) is -4.29. The molecule has 0 aromatic carbocycles. The average molecular weight is 283 g/mol. The van der Waals surface area contributed by atoms with E-state index in [2.05, 4.69) is 4.74 Å². The van der Waals surface area contributed by atoms with Gasteiger partial charge in [-0.05, 0) is 6.92 Å². The van der Waals surface area contributed by atoms with Gasteiger partial charge in [-0.2, -0.15) is 8.42 Å². The van der Waals surface area contributed by atoms with Crippen LogP contribution in [0.4, 0.5) is 0 Å². The monoisotopic (exact) mass is 283 g/mol. The van der Waals surface area contributed by atoms with Gasteiger partial charge in [0.05, 0.1) is 12.2 Å². The van der Waals surface area contributed by atoms with Crippen LogP contribution in [0.3, 0.4) is 0 Å². The molecule has 104 valence electrons. The molecule has 0 rings (SSSR count). The summed E-state index contributed by atoms with van der Waals surface area (Å²) in [6.45, 7) is 1.22. The van der Waals surface area contributed by atoms with Gasteiger partial charge in [-0.15, -0.1) is 0 Å². The molecule has 2 atom stereocenters. The highest BCUT2D eigenvalue weighted by Crippen LogP contribution is 2.02. The van der Waals surface area contributed by atoms with Gasteiger partial charge < -0.3 is 15.2 Å². The SMILES string of the molecule is CC(OC(=O)CCS(=O)(=O)O)C(NC=O)C(=O)O. The van der Waals surface area contributed by atoms with Crippen LogP contribution in [0.15, 0.2) is 0 Å². The number of carbonyl (C=O) groups excluding carboxylic acids is 2. The molecule has 9 nitrogen and oxygen atoms in total. The summed E-state index contributed by atoms with van der Waals surface area (Å²) in [5.74, 6) is -3.23. The first-order chi connectivity index (χ1) is 8.17. The largest absolute Gasteiger partial charge is 0.480 e. The first kappa shape index (κ1) is 16.3. The van der Waals surface area contributed by atoms with Crippen molar-refractivity contribution in [1.29, 1.82) is 0 Å². The highest BCUT2D eigenvalue weighted by atomic mass is 32.2. The summed E-state index contributed by atoms with van der Waals surface area (Å²) in [6.07, 6.45) is -1.65. The fraction of sp³-hybridized carbons (Fsp3) is 0.625. The topological polar surface area (TPSA) is 147 Å². The van der Waals surface area contributed by atoms with Crippen molar-refractivity contribution in [3.8, 4) is 0 Å². The van der Waals surface area contributed by atoms with Crippen molar-refractivity contribution in [1.82, 2.24) is 5.32 Å². The summed E-state index contributed by atoms with van der Waals surface area (Å²) in [5, 5.41) is 10.6. The van der Waals surface area contributed by atoms with Crippen LogP contribution in [0.5, 0.6) is 0 Å². The lowest BCUT2D eigenvalue weighted by molar-refractivity contribution is -0.155. The Hall–Kier alpha value is -1.68. The van der Waals surface area contributed by atoms with Crippen LogP contribution in [-0.4, -0.2) is 54.3 Å². The van der Waals surface area contributed by atoms with Crippen LogP contribution in [-0.2, 0) is 29.2 Å². The number of carboxylic acids is 1. The Kier molecular flexibility index (Phi) is 6.27. The molecule has 3 N–H and O–H groups in total. The van der Waals surface area contributed by atoms with Gasteiger partial charge in [0.25, 0.3) is 10.1 Å². The van der Waals surface area contributed by atoms with Crippen molar-refractivity contribution >= 4 is 28.5 Å². The summed E-state index contributed by atoms with van der Waals surface area (Å²) in [4.78, 5) is 31.9. The maximum atomic E-state index is 11.1. The summed E-state index contributed by atoms with van der Waals surface area (Å²) < 4.78 is 33.7. The molecule has 0 spiro atoms. The van der Waals surface area contributed by atoms with Gasteiger partial charge in [0.15, 0.2) is 6.04 Å². The lowest BCUT2D eigenvalue weighted by atomic mass is 10.2. The molecular formula is C8H13NO8S. The van der Waals surface area contributed by atoms with Crippen molar-refractivity contribution < 1.29 is 37.2 Å². The number of carbonyl (C=O) groups is 3. The van der Waals surface area contributed by atoms with Crippen molar-refractivity contribution in [3.63, 3.8) is 0 Å². The third-order valence-corrected chi connectivity index (χ3v) is 2.58. The number of amides is 1. The molecule has 0 aliphatic rings. The van der Waals surface area contributed by atoms with Crippen LogP contribution in [0.2, 0.25) is 0 Å². The van der Waals surface area contributed by atoms with E-state index in [4.69, 9.17) is 9.66 Å². The van der Waals surface area contributed by atoms with Crippen LogP contribution in [0.1, 0.15) is 13.3 Å². The zero-order valence-electron chi connectivity index (χ0n) is 9.40. The number of nitrogens with one attached hydrogen (secondary N) is 1. The molecule has 1 amide bonds. The second-order valence-electron chi connectivity index (χ2n) is 3.33. The number of aliphatic carboxylic acids is 1. The van der Waals surface area contributed by atoms with E-state index in [-0.39, 0.29) is 6.41 Å². The maximum absolute atomic E-state index is 11.1. The van der Waals surface area contributed by atoms with E-state index in [9.17, 15) is 22.8 Å². The zero-order chi connectivity index (χ0) is 14.3. The van der Waals surface area contributed by atoms with E-state index < -0.39 is 46.4 Å². The normalized spacial score (nSPS) is 14.3. The highest BCUT2D eigenvalue weighted by molar-refractivity contribution is 7.85. The molecule has 0 aromatic heterocycles. The summed E-state index contributed by atoms with van der Waals surface area (Å²) in [5.41, 5.74) is 0. The molecule has 0 radical (unpaired) electrons. The van der Waals surface area contributed by atoms with E-state index >= 15 is 0 Å². The minimum atomic E-state index is -4.29. The molecular weight excluding hydrogens is 270 g/mol. The second-order valence-corrected chi connectivity index (χ2v) is 4.90. The van der Waals surface area contributed by atoms with Crippen LogP contribution in [0, 0.1) is 0 Å².